The summed E-state index contributed by atoms with van der Waals surface area (Å²) in [6, 6.07) is 3.68. The molecule has 2 rings (SSSR count). The number of nitrogens with two attached hydrogens (primary N) is 1. The zero-order chi connectivity index (χ0) is 12.6. The van der Waals surface area contributed by atoms with Gasteiger partial charge in [0.2, 0.25) is 0 Å². The molecule has 3 atom stereocenters. The highest BCUT2D eigenvalue weighted by molar-refractivity contribution is 5.29. The Labute approximate surface area is 97.9 Å². The predicted molar refractivity (Wildman–Crippen MR) is 58.1 cm³/mol. The maximum Gasteiger partial charge on any atom is 0.163 e. The van der Waals surface area contributed by atoms with Crippen molar-refractivity contribution < 1.29 is 19.0 Å². The first kappa shape index (κ1) is 12.4. The van der Waals surface area contributed by atoms with Gasteiger partial charge in [0.1, 0.15) is 6.10 Å². The monoisotopic (exact) mass is 243 g/mol. The van der Waals surface area contributed by atoms with E-state index in [1.54, 1.807) is 0 Å². The standard InChI is InChI=1S/C12H15F2NO2/c13-8-4-1-3-7(10(8)14)12(15)6-2-5-9(16)11(12)17/h1,3-4,9,11,16-17H,2,5-6,15H2. The van der Waals surface area contributed by atoms with Crippen molar-refractivity contribution in [3.8, 4) is 0 Å². The summed E-state index contributed by atoms with van der Waals surface area (Å²) in [4.78, 5) is 0. The fraction of sp³-hybridized carbons (Fsp3) is 0.500. The summed E-state index contributed by atoms with van der Waals surface area (Å²) in [5, 5.41) is 19.5. The van der Waals surface area contributed by atoms with Crippen LogP contribution >= 0.6 is 0 Å². The van der Waals surface area contributed by atoms with Crippen molar-refractivity contribution in [3.63, 3.8) is 0 Å². The average molecular weight is 243 g/mol. The van der Waals surface area contributed by atoms with Crippen LogP contribution in [0.15, 0.2) is 18.2 Å². The minimum atomic E-state index is -1.43. The van der Waals surface area contributed by atoms with Crippen molar-refractivity contribution in [1.82, 2.24) is 0 Å². The molecule has 0 spiro atoms. The van der Waals surface area contributed by atoms with Crippen molar-refractivity contribution in [2.75, 3.05) is 0 Å². The van der Waals surface area contributed by atoms with Gasteiger partial charge in [0.05, 0.1) is 11.6 Å². The molecule has 0 heterocycles. The molecule has 94 valence electrons. The molecule has 0 aliphatic heterocycles. The van der Waals surface area contributed by atoms with E-state index in [4.69, 9.17) is 5.73 Å². The number of benzene rings is 1. The van der Waals surface area contributed by atoms with Crippen molar-refractivity contribution in [2.45, 2.75) is 37.0 Å². The molecule has 1 fully saturated rings. The molecule has 0 saturated heterocycles. The van der Waals surface area contributed by atoms with Gasteiger partial charge in [0.15, 0.2) is 11.6 Å². The second-order valence-electron chi connectivity index (χ2n) is 4.55. The van der Waals surface area contributed by atoms with E-state index in [1.807, 2.05) is 0 Å². The zero-order valence-electron chi connectivity index (χ0n) is 9.24. The van der Waals surface area contributed by atoms with Crippen LogP contribution in [-0.2, 0) is 5.54 Å². The maximum absolute atomic E-state index is 13.7. The van der Waals surface area contributed by atoms with Gasteiger partial charge in [0.25, 0.3) is 0 Å². The van der Waals surface area contributed by atoms with E-state index in [9.17, 15) is 19.0 Å². The molecule has 17 heavy (non-hydrogen) atoms. The van der Waals surface area contributed by atoms with Crippen LogP contribution in [0.2, 0.25) is 0 Å². The van der Waals surface area contributed by atoms with Crippen LogP contribution < -0.4 is 5.73 Å². The second kappa shape index (κ2) is 4.33. The van der Waals surface area contributed by atoms with E-state index in [0.29, 0.717) is 19.3 Å². The van der Waals surface area contributed by atoms with E-state index < -0.39 is 29.4 Å². The van der Waals surface area contributed by atoms with Gasteiger partial charge in [-0.1, -0.05) is 12.1 Å². The van der Waals surface area contributed by atoms with Gasteiger partial charge < -0.3 is 15.9 Å². The summed E-state index contributed by atoms with van der Waals surface area (Å²) in [7, 11) is 0. The first-order chi connectivity index (χ1) is 7.97. The average Bonchev–Trinajstić information content (AvgIpc) is 2.29. The van der Waals surface area contributed by atoms with Crippen LogP contribution in [0.25, 0.3) is 0 Å². The van der Waals surface area contributed by atoms with Crippen LogP contribution in [0.4, 0.5) is 8.78 Å². The molecule has 1 aliphatic rings. The van der Waals surface area contributed by atoms with Crippen LogP contribution in [0.1, 0.15) is 24.8 Å². The SMILES string of the molecule is NC1(c2cccc(F)c2F)CCCC(O)C1O. The van der Waals surface area contributed by atoms with Gasteiger partial charge in [-0.15, -0.1) is 0 Å². The molecule has 0 aromatic heterocycles. The van der Waals surface area contributed by atoms with Gasteiger partial charge in [-0.25, -0.2) is 8.78 Å². The number of aliphatic hydroxyl groups is 2. The van der Waals surface area contributed by atoms with E-state index in [-0.39, 0.29) is 5.56 Å². The third kappa shape index (κ3) is 1.94. The number of hydrogen-bond donors (Lipinski definition) is 3. The lowest BCUT2D eigenvalue weighted by Gasteiger charge is -2.41. The molecule has 4 N–H and O–H groups in total. The zero-order valence-corrected chi connectivity index (χ0v) is 9.24. The van der Waals surface area contributed by atoms with Gasteiger partial charge in [-0.2, -0.15) is 0 Å². The van der Waals surface area contributed by atoms with E-state index in [2.05, 4.69) is 0 Å². The second-order valence-corrected chi connectivity index (χ2v) is 4.55. The van der Waals surface area contributed by atoms with Gasteiger partial charge in [-0.05, 0) is 25.3 Å². The number of aliphatic hydroxyl groups excluding tert-OH is 2. The van der Waals surface area contributed by atoms with E-state index >= 15 is 0 Å². The van der Waals surface area contributed by atoms with Gasteiger partial charge in [0, 0.05) is 5.56 Å². The lowest BCUT2D eigenvalue weighted by molar-refractivity contribution is -0.0606. The predicted octanol–water partition coefficient (Wildman–Crippen LogP) is 1.02. The van der Waals surface area contributed by atoms with Crippen molar-refractivity contribution >= 4 is 0 Å². The molecular weight excluding hydrogens is 228 g/mol. The lowest BCUT2D eigenvalue weighted by atomic mass is 9.73. The number of halogens is 2. The number of hydrogen-bond acceptors (Lipinski definition) is 3. The Kier molecular flexibility index (Phi) is 3.16. The van der Waals surface area contributed by atoms with Crippen LogP contribution in [0.3, 0.4) is 0 Å². The minimum absolute atomic E-state index is 0.0799. The summed E-state index contributed by atoms with van der Waals surface area (Å²) < 4.78 is 26.8. The van der Waals surface area contributed by atoms with Gasteiger partial charge >= 0.3 is 0 Å². The van der Waals surface area contributed by atoms with Crippen LogP contribution in [0, 0.1) is 11.6 Å². The fourth-order valence-corrected chi connectivity index (χ4v) is 2.41. The highest BCUT2D eigenvalue weighted by Crippen LogP contribution is 2.36. The summed E-state index contributed by atoms with van der Waals surface area (Å²) in [6.07, 6.45) is -1.00. The first-order valence-electron chi connectivity index (χ1n) is 5.56. The Morgan fingerprint density at radius 1 is 1.29 bits per heavy atom. The Bertz CT molecular complexity index is 427. The molecule has 3 unspecified atom stereocenters. The van der Waals surface area contributed by atoms with Crippen molar-refractivity contribution in [2.24, 2.45) is 5.73 Å². The third-order valence-corrected chi connectivity index (χ3v) is 3.44. The van der Waals surface area contributed by atoms with Crippen molar-refractivity contribution in [1.29, 1.82) is 0 Å². The topological polar surface area (TPSA) is 66.5 Å². The van der Waals surface area contributed by atoms with Crippen molar-refractivity contribution in [3.05, 3.63) is 35.4 Å². The largest absolute Gasteiger partial charge is 0.390 e. The highest BCUT2D eigenvalue weighted by atomic mass is 19.2. The maximum atomic E-state index is 13.7. The first-order valence-corrected chi connectivity index (χ1v) is 5.56. The molecule has 0 amide bonds. The minimum Gasteiger partial charge on any atom is -0.390 e. The summed E-state index contributed by atoms with van der Waals surface area (Å²) in [5.74, 6) is -2.05. The fourth-order valence-electron chi connectivity index (χ4n) is 2.41. The quantitative estimate of drug-likeness (QED) is 0.690. The molecule has 1 aromatic carbocycles. The van der Waals surface area contributed by atoms with Gasteiger partial charge in [-0.3, -0.25) is 0 Å². The Balaban J connectivity index is 2.46. The highest BCUT2D eigenvalue weighted by Gasteiger charge is 2.44. The van der Waals surface area contributed by atoms with E-state index in [0.717, 1.165) is 6.07 Å². The molecule has 0 bridgehead atoms. The molecule has 1 saturated carbocycles. The van der Waals surface area contributed by atoms with Crippen LogP contribution in [-0.4, -0.2) is 22.4 Å². The Hall–Kier alpha value is -1.04. The molecular formula is C12H15F2NO2. The molecule has 1 aliphatic carbocycles. The lowest BCUT2D eigenvalue weighted by Crippen LogP contribution is -2.56. The normalized spacial score (nSPS) is 33.7. The third-order valence-electron chi connectivity index (χ3n) is 3.44. The number of rotatable bonds is 1. The summed E-state index contributed by atoms with van der Waals surface area (Å²) >= 11 is 0. The molecule has 1 aromatic rings. The van der Waals surface area contributed by atoms with E-state index in [1.165, 1.54) is 12.1 Å². The molecule has 3 nitrogen and oxygen atoms in total. The molecule has 5 heteroatoms. The summed E-state index contributed by atoms with van der Waals surface area (Å²) in [6.45, 7) is 0. The smallest absolute Gasteiger partial charge is 0.163 e. The molecule has 0 radical (unpaired) electrons. The Morgan fingerprint density at radius 2 is 2.00 bits per heavy atom. The van der Waals surface area contributed by atoms with Crippen LogP contribution in [0.5, 0.6) is 0 Å². The summed E-state index contributed by atoms with van der Waals surface area (Å²) in [5.41, 5.74) is 4.46. The Morgan fingerprint density at radius 3 is 2.71 bits per heavy atom.